The molecule has 0 aliphatic carbocycles. The van der Waals surface area contributed by atoms with Crippen molar-refractivity contribution < 1.29 is 14.7 Å². The summed E-state index contributed by atoms with van der Waals surface area (Å²) in [5.74, 6) is -0.698. The van der Waals surface area contributed by atoms with Crippen molar-refractivity contribution in [2.75, 3.05) is 6.54 Å². The molecule has 0 spiro atoms. The van der Waals surface area contributed by atoms with Crippen molar-refractivity contribution in [3.63, 3.8) is 0 Å². The minimum absolute atomic E-state index is 0.0891. The lowest BCUT2D eigenvalue weighted by Crippen LogP contribution is -2.36. The molecule has 1 aliphatic rings. The molecule has 6 heteroatoms. The van der Waals surface area contributed by atoms with Gasteiger partial charge in [-0.3, -0.25) is 9.59 Å². The van der Waals surface area contributed by atoms with E-state index in [0.717, 1.165) is 33.1 Å². The number of amides is 1. The maximum absolute atomic E-state index is 12.9. The fourth-order valence-electron chi connectivity index (χ4n) is 4.05. The van der Waals surface area contributed by atoms with Gasteiger partial charge < -0.3 is 10.0 Å². The Kier molecular flexibility index (Phi) is 6.66. The molecule has 0 fully saturated rings. The van der Waals surface area contributed by atoms with Crippen LogP contribution < -0.4 is 0 Å². The summed E-state index contributed by atoms with van der Waals surface area (Å²) in [5, 5.41) is 9.73. The number of carboxylic acid groups (broad SMARTS) is 1. The number of nitrogens with zero attached hydrogens (tertiary/aromatic N) is 2. The Hall–Kier alpha value is -2.99. The summed E-state index contributed by atoms with van der Waals surface area (Å²) < 4.78 is 0. The molecule has 3 aromatic rings. The largest absolute Gasteiger partial charge is 0.481 e. The van der Waals surface area contributed by atoms with Gasteiger partial charge in [-0.25, -0.2) is 4.98 Å². The summed E-state index contributed by atoms with van der Waals surface area (Å²) in [6.45, 7) is 7.86. The molecule has 0 bridgehead atoms. The Balaban J connectivity index is 1.37. The third kappa shape index (κ3) is 5.69. The molecule has 5 nitrogen and oxygen atoms in total. The van der Waals surface area contributed by atoms with Crippen LogP contribution in [0.1, 0.15) is 53.9 Å². The summed E-state index contributed by atoms with van der Waals surface area (Å²) in [6, 6.07) is 16.9. The van der Waals surface area contributed by atoms with Gasteiger partial charge in [0, 0.05) is 24.3 Å². The predicted octanol–water partition coefficient (Wildman–Crippen LogP) is 5.25. The van der Waals surface area contributed by atoms with Gasteiger partial charge in [-0.05, 0) is 27.7 Å². The van der Waals surface area contributed by atoms with E-state index < -0.39 is 5.97 Å². The van der Waals surface area contributed by atoms with Crippen molar-refractivity contribution in [2.24, 2.45) is 0 Å². The number of aromatic nitrogens is 1. The van der Waals surface area contributed by atoms with Gasteiger partial charge in [0.2, 0.25) is 5.91 Å². The van der Waals surface area contributed by atoms with Gasteiger partial charge in [0.05, 0.1) is 30.1 Å². The Morgan fingerprint density at radius 1 is 1.03 bits per heavy atom. The fourth-order valence-corrected chi connectivity index (χ4v) is 5.18. The van der Waals surface area contributed by atoms with Crippen molar-refractivity contribution in [3.05, 3.63) is 75.2 Å². The van der Waals surface area contributed by atoms with E-state index in [1.54, 1.807) is 0 Å². The zero-order valence-electron chi connectivity index (χ0n) is 19.4. The number of benzene rings is 2. The quantitative estimate of drug-likeness (QED) is 0.543. The second-order valence-corrected chi connectivity index (χ2v) is 10.8. The first-order valence-electron chi connectivity index (χ1n) is 11.4. The van der Waals surface area contributed by atoms with Crippen LogP contribution in [0.4, 0.5) is 0 Å². The SMILES string of the molecule is CC(C)(C)c1ccc(-c2ccc(CC(=O)N3CCc4nc(CCC(=O)O)sc4C3)cc2)cc1. The monoisotopic (exact) mass is 462 g/mol. The number of thiazole rings is 1. The van der Waals surface area contributed by atoms with E-state index in [2.05, 4.69) is 62.2 Å². The maximum Gasteiger partial charge on any atom is 0.303 e. The van der Waals surface area contributed by atoms with Gasteiger partial charge in [0.25, 0.3) is 0 Å². The van der Waals surface area contributed by atoms with Crippen LogP contribution in [-0.2, 0) is 40.8 Å². The van der Waals surface area contributed by atoms with E-state index in [4.69, 9.17) is 5.11 Å². The highest BCUT2D eigenvalue weighted by molar-refractivity contribution is 7.11. The van der Waals surface area contributed by atoms with Crippen LogP contribution in [0.2, 0.25) is 0 Å². The summed E-state index contributed by atoms with van der Waals surface area (Å²) in [4.78, 5) is 31.3. The summed E-state index contributed by atoms with van der Waals surface area (Å²) in [7, 11) is 0. The van der Waals surface area contributed by atoms with Crippen molar-refractivity contribution >= 4 is 23.2 Å². The topological polar surface area (TPSA) is 70.5 Å². The average Bonchev–Trinajstić information content (AvgIpc) is 3.20. The summed E-state index contributed by atoms with van der Waals surface area (Å²) >= 11 is 1.54. The zero-order valence-corrected chi connectivity index (χ0v) is 20.2. The van der Waals surface area contributed by atoms with Crippen LogP contribution in [0.5, 0.6) is 0 Å². The van der Waals surface area contributed by atoms with Crippen LogP contribution in [0.15, 0.2) is 48.5 Å². The third-order valence-electron chi connectivity index (χ3n) is 6.07. The maximum atomic E-state index is 12.9. The third-order valence-corrected chi connectivity index (χ3v) is 7.22. The van der Waals surface area contributed by atoms with E-state index in [-0.39, 0.29) is 17.7 Å². The van der Waals surface area contributed by atoms with E-state index >= 15 is 0 Å². The molecular weight excluding hydrogens is 432 g/mol. The van der Waals surface area contributed by atoms with Crippen molar-refractivity contribution in [3.8, 4) is 11.1 Å². The van der Waals surface area contributed by atoms with Crippen LogP contribution in [0, 0.1) is 0 Å². The number of rotatable bonds is 6. The minimum Gasteiger partial charge on any atom is -0.481 e. The number of hydrogen-bond donors (Lipinski definition) is 1. The number of aliphatic carboxylic acids is 1. The molecule has 0 saturated carbocycles. The molecule has 1 aliphatic heterocycles. The molecule has 172 valence electrons. The van der Waals surface area contributed by atoms with E-state index in [1.807, 2.05) is 17.0 Å². The van der Waals surface area contributed by atoms with Crippen LogP contribution in [0.25, 0.3) is 11.1 Å². The number of fused-ring (bicyclic) bond motifs is 1. The van der Waals surface area contributed by atoms with Gasteiger partial charge >= 0.3 is 5.97 Å². The van der Waals surface area contributed by atoms with Gasteiger partial charge in [0.15, 0.2) is 0 Å². The Bertz CT molecular complexity index is 1140. The Morgan fingerprint density at radius 3 is 2.27 bits per heavy atom. The van der Waals surface area contributed by atoms with Crippen LogP contribution in [0.3, 0.4) is 0 Å². The Labute approximate surface area is 199 Å². The first-order valence-corrected chi connectivity index (χ1v) is 12.2. The van der Waals surface area contributed by atoms with Gasteiger partial charge in [-0.1, -0.05) is 69.3 Å². The first-order chi connectivity index (χ1) is 15.7. The molecular formula is C27H30N2O3S. The highest BCUT2D eigenvalue weighted by Gasteiger charge is 2.24. The van der Waals surface area contributed by atoms with Gasteiger partial charge in [-0.15, -0.1) is 11.3 Å². The molecule has 2 heterocycles. The average molecular weight is 463 g/mol. The fraction of sp³-hybridized carbons (Fsp3) is 0.370. The van der Waals surface area contributed by atoms with Crippen molar-refractivity contribution in [2.45, 2.75) is 58.4 Å². The summed E-state index contributed by atoms with van der Waals surface area (Å²) in [6.07, 6.45) is 1.65. The van der Waals surface area contributed by atoms with E-state index in [9.17, 15) is 9.59 Å². The van der Waals surface area contributed by atoms with Crippen molar-refractivity contribution in [1.82, 2.24) is 9.88 Å². The molecule has 1 N–H and O–H groups in total. The molecule has 33 heavy (non-hydrogen) atoms. The molecule has 0 atom stereocenters. The number of hydrogen-bond acceptors (Lipinski definition) is 4. The number of aryl methyl sites for hydroxylation is 1. The van der Waals surface area contributed by atoms with Crippen LogP contribution >= 0.6 is 11.3 Å². The van der Waals surface area contributed by atoms with E-state index in [0.29, 0.717) is 25.9 Å². The molecule has 1 amide bonds. The molecule has 0 unspecified atom stereocenters. The lowest BCUT2D eigenvalue weighted by molar-refractivity contribution is -0.137. The highest BCUT2D eigenvalue weighted by Crippen LogP contribution is 2.28. The van der Waals surface area contributed by atoms with E-state index in [1.165, 1.54) is 22.5 Å². The number of carbonyl (C=O) groups excluding carboxylic acids is 1. The minimum atomic E-state index is -0.812. The highest BCUT2D eigenvalue weighted by atomic mass is 32.1. The van der Waals surface area contributed by atoms with Gasteiger partial charge in [0.1, 0.15) is 0 Å². The zero-order chi connectivity index (χ0) is 23.6. The molecule has 0 saturated heterocycles. The second kappa shape index (κ2) is 9.48. The number of carboxylic acids is 1. The number of carbonyl (C=O) groups is 2. The first kappa shape index (κ1) is 23.2. The lowest BCUT2D eigenvalue weighted by Gasteiger charge is -2.26. The molecule has 0 radical (unpaired) electrons. The normalized spacial score (nSPS) is 13.6. The smallest absolute Gasteiger partial charge is 0.303 e. The van der Waals surface area contributed by atoms with Crippen molar-refractivity contribution in [1.29, 1.82) is 0 Å². The van der Waals surface area contributed by atoms with Gasteiger partial charge in [-0.2, -0.15) is 0 Å². The predicted molar refractivity (Wildman–Crippen MR) is 131 cm³/mol. The standard InChI is InChI=1S/C27H30N2O3S/c1-27(2,3)21-10-8-20(9-11-21)19-6-4-18(5-7-19)16-25(30)29-15-14-22-23(17-29)33-24(28-22)12-13-26(31)32/h4-11H,12-17H2,1-3H3,(H,31,32). The molecule has 1 aromatic heterocycles. The lowest BCUT2D eigenvalue weighted by atomic mass is 9.86. The molecule has 2 aromatic carbocycles. The summed E-state index contributed by atoms with van der Waals surface area (Å²) in [5.41, 5.74) is 5.80. The second-order valence-electron chi connectivity index (χ2n) is 9.64. The van der Waals surface area contributed by atoms with Crippen LogP contribution in [-0.4, -0.2) is 33.4 Å². The molecule has 4 rings (SSSR count). The Morgan fingerprint density at radius 2 is 1.67 bits per heavy atom.